The maximum absolute atomic E-state index is 12.0. The number of carbonyl (C=O) groups is 3. The highest BCUT2D eigenvalue weighted by Gasteiger charge is 2.15. The van der Waals surface area contributed by atoms with E-state index < -0.39 is 24.5 Å². The van der Waals surface area contributed by atoms with Crippen molar-refractivity contribution in [1.29, 1.82) is 0 Å². The minimum Gasteiger partial charge on any atom is -0.451 e. The van der Waals surface area contributed by atoms with E-state index in [1.807, 2.05) is 49.4 Å². The van der Waals surface area contributed by atoms with Gasteiger partial charge in [-0.1, -0.05) is 36.4 Å². The number of hydrogen-bond donors (Lipinski definition) is 2. The van der Waals surface area contributed by atoms with Gasteiger partial charge in [0.1, 0.15) is 5.65 Å². The molecule has 0 fully saturated rings. The van der Waals surface area contributed by atoms with Crippen molar-refractivity contribution in [2.45, 2.75) is 13.5 Å². The largest absolute Gasteiger partial charge is 0.451 e. The Bertz CT molecular complexity index is 982. The fourth-order valence-corrected chi connectivity index (χ4v) is 2.44. The van der Waals surface area contributed by atoms with Gasteiger partial charge >= 0.3 is 12.0 Å². The molecule has 0 aliphatic heterocycles. The highest BCUT2D eigenvalue weighted by Crippen LogP contribution is 2.09. The van der Waals surface area contributed by atoms with Gasteiger partial charge in [-0.2, -0.15) is 0 Å². The summed E-state index contributed by atoms with van der Waals surface area (Å²) in [7, 11) is 0. The number of imidazole rings is 1. The van der Waals surface area contributed by atoms with Gasteiger partial charge < -0.3 is 14.5 Å². The van der Waals surface area contributed by atoms with Crippen LogP contribution in [0.5, 0.6) is 0 Å². The van der Waals surface area contributed by atoms with E-state index in [2.05, 4.69) is 15.6 Å². The third kappa shape index (κ3) is 4.69. The van der Waals surface area contributed by atoms with Gasteiger partial charge in [0.2, 0.25) is 0 Å². The Morgan fingerprint density at radius 2 is 1.85 bits per heavy atom. The number of rotatable bonds is 5. The number of aryl methyl sites for hydroxylation is 1. The minimum atomic E-state index is -0.738. The van der Waals surface area contributed by atoms with Crippen LogP contribution in [0.15, 0.2) is 54.7 Å². The zero-order valence-corrected chi connectivity index (χ0v) is 14.6. The van der Waals surface area contributed by atoms with Crippen molar-refractivity contribution in [2.24, 2.45) is 0 Å². The second-order valence-electron chi connectivity index (χ2n) is 5.81. The standard InChI is InChI=1S/C19H18N4O4/c1-13-6-5-9-16-21-15(11-23(13)16)18(25)27-12-17(24)22-19(26)20-10-14-7-3-2-4-8-14/h2-9,11H,10,12H2,1H3,(H2,20,22,24,26). The number of carbonyl (C=O) groups excluding carboxylic acids is 3. The quantitative estimate of drug-likeness (QED) is 0.671. The van der Waals surface area contributed by atoms with Crippen molar-refractivity contribution in [3.8, 4) is 0 Å². The second kappa shape index (κ2) is 8.13. The van der Waals surface area contributed by atoms with Crippen molar-refractivity contribution in [1.82, 2.24) is 20.0 Å². The molecule has 1 aromatic carbocycles. The highest BCUT2D eigenvalue weighted by atomic mass is 16.5. The molecule has 0 aliphatic carbocycles. The van der Waals surface area contributed by atoms with Crippen LogP contribution in [0, 0.1) is 6.92 Å². The molecule has 0 saturated carbocycles. The predicted molar refractivity (Wildman–Crippen MR) is 97.0 cm³/mol. The monoisotopic (exact) mass is 366 g/mol. The van der Waals surface area contributed by atoms with E-state index in [1.54, 1.807) is 10.5 Å². The summed E-state index contributed by atoms with van der Waals surface area (Å²) in [5.41, 5.74) is 2.50. The van der Waals surface area contributed by atoms with Gasteiger partial charge in [-0.3, -0.25) is 10.1 Å². The van der Waals surface area contributed by atoms with Crippen molar-refractivity contribution < 1.29 is 19.1 Å². The van der Waals surface area contributed by atoms with Gasteiger partial charge in [-0.15, -0.1) is 0 Å². The first kappa shape index (κ1) is 18.1. The van der Waals surface area contributed by atoms with Crippen LogP contribution in [0.4, 0.5) is 4.79 Å². The fraction of sp³-hybridized carbons (Fsp3) is 0.158. The van der Waals surface area contributed by atoms with Gasteiger partial charge in [0.05, 0.1) is 0 Å². The summed E-state index contributed by atoms with van der Waals surface area (Å²) >= 11 is 0. The molecule has 0 saturated heterocycles. The lowest BCUT2D eigenvalue weighted by molar-refractivity contribution is -0.123. The van der Waals surface area contributed by atoms with Crippen molar-refractivity contribution in [3.63, 3.8) is 0 Å². The second-order valence-corrected chi connectivity index (χ2v) is 5.81. The van der Waals surface area contributed by atoms with Crippen LogP contribution in [0.3, 0.4) is 0 Å². The third-order valence-corrected chi connectivity index (χ3v) is 3.79. The molecule has 0 aliphatic rings. The number of amides is 3. The number of nitrogens with zero attached hydrogens (tertiary/aromatic N) is 2. The molecule has 0 bridgehead atoms. The van der Waals surface area contributed by atoms with E-state index in [4.69, 9.17) is 4.74 Å². The molecule has 0 unspecified atom stereocenters. The molecule has 0 radical (unpaired) electrons. The first-order valence-corrected chi connectivity index (χ1v) is 8.26. The maximum Gasteiger partial charge on any atom is 0.359 e. The summed E-state index contributed by atoms with van der Waals surface area (Å²) in [6.07, 6.45) is 1.54. The summed E-state index contributed by atoms with van der Waals surface area (Å²) in [6, 6.07) is 14.1. The van der Waals surface area contributed by atoms with Crippen LogP contribution < -0.4 is 10.6 Å². The Kier molecular flexibility index (Phi) is 5.46. The molecule has 138 valence electrons. The molecule has 2 N–H and O–H groups in total. The lowest BCUT2D eigenvalue weighted by atomic mass is 10.2. The number of pyridine rings is 1. The average molecular weight is 366 g/mol. The van der Waals surface area contributed by atoms with Crippen LogP contribution in [-0.4, -0.2) is 33.9 Å². The van der Waals surface area contributed by atoms with E-state index in [-0.39, 0.29) is 12.2 Å². The van der Waals surface area contributed by atoms with Crippen LogP contribution >= 0.6 is 0 Å². The SMILES string of the molecule is Cc1cccc2nc(C(=O)OCC(=O)NC(=O)NCc3ccccc3)cn12. The van der Waals surface area contributed by atoms with Crippen LogP contribution in [0.1, 0.15) is 21.7 Å². The first-order chi connectivity index (χ1) is 13.0. The third-order valence-electron chi connectivity index (χ3n) is 3.79. The molecular weight excluding hydrogens is 348 g/mol. The highest BCUT2D eigenvalue weighted by molar-refractivity contribution is 5.96. The fourth-order valence-electron chi connectivity index (χ4n) is 2.44. The van der Waals surface area contributed by atoms with Gasteiger partial charge in [0.25, 0.3) is 5.91 Å². The number of nitrogens with one attached hydrogen (secondary N) is 2. The lowest BCUT2D eigenvalue weighted by Gasteiger charge is -2.07. The summed E-state index contributed by atoms with van der Waals surface area (Å²) in [5, 5.41) is 4.65. The Morgan fingerprint density at radius 3 is 2.59 bits per heavy atom. The lowest BCUT2D eigenvalue weighted by Crippen LogP contribution is -2.41. The van der Waals surface area contributed by atoms with E-state index in [1.165, 1.54) is 6.20 Å². The number of imide groups is 1. The molecule has 27 heavy (non-hydrogen) atoms. The van der Waals surface area contributed by atoms with Crippen molar-refractivity contribution in [3.05, 3.63) is 71.7 Å². The molecule has 0 spiro atoms. The molecule has 2 aromatic heterocycles. The number of urea groups is 1. The summed E-state index contributed by atoms with van der Waals surface area (Å²) in [4.78, 5) is 39.6. The van der Waals surface area contributed by atoms with Gasteiger partial charge in [-0.05, 0) is 24.6 Å². The molecule has 3 rings (SSSR count). The summed E-state index contributed by atoms with van der Waals surface area (Å²) in [5.74, 6) is -1.47. The smallest absolute Gasteiger partial charge is 0.359 e. The van der Waals surface area contributed by atoms with Crippen LogP contribution in [0.2, 0.25) is 0 Å². The van der Waals surface area contributed by atoms with Crippen molar-refractivity contribution in [2.75, 3.05) is 6.61 Å². The Hall–Kier alpha value is -3.68. The Morgan fingerprint density at radius 1 is 1.07 bits per heavy atom. The first-order valence-electron chi connectivity index (χ1n) is 8.26. The van der Waals surface area contributed by atoms with Gasteiger partial charge in [0, 0.05) is 18.4 Å². The number of fused-ring (bicyclic) bond motifs is 1. The molecular formula is C19H18N4O4. The van der Waals surface area contributed by atoms with E-state index >= 15 is 0 Å². The van der Waals surface area contributed by atoms with Gasteiger partial charge in [0.15, 0.2) is 12.3 Å². The average Bonchev–Trinajstić information content (AvgIpc) is 3.11. The van der Waals surface area contributed by atoms with Crippen LogP contribution in [0.25, 0.3) is 5.65 Å². The minimum absolute atomic E-state index is 0.0885. The molecule has 3 amide bonds. The van der Waals surface area contributed by atoms with E-state index in [9.17, 15) is 14.4 Å². The Balaban J connectivity index is 1.47. The molecule has 0 atom stereocenters. The number of ether oxygens (including phenoxy) is 1. The van der Waals surface area contributed by atoms with Crippen molar-refractivity contribution >= 4 is 23.6 Å². The summed E-state index contributed by atoms with van der Waals surface area (Å²) in [6.45, 7) is 1.58. The summed E-state index contributed by atoms with van der Waals surface area (Å²) < 4.78 is 6.66. The number of benzene rings is 1. The predicted octanol–water partition coefficient (Wildman–Crippen LogP) is 1.83. The number of esters is 1. The van der Waals surface area contributed by atoms with E-state index in [0.717, 1.165) is 11.3 Å². The van der Waals surface area contributed by atoms with E-state index in [0.29, 0.717) is 5.65 Å². The Labute approximate surface area is 155 Å². The number of aromatic nitrogens is 2. The molecule has 2 heterocycles. The zero-order chi connectivity index (χ0) is 19.2. The van der Waals surface area contributed by atoms with Gasteiger partial charge in [-0.25, -0.2) is 14.6 Å². The normalized spacial score (nSPS) is 10.4. The zero-order valence-electron chi connectivity index (χ0n) is 14.6. The maximum atomic E-state index is 12.0. The molecule has 8 heteroatoms. The van der Waals surface area contributed by atoms with Crippen LogP contribution in [-0.2, 0) is 16.1 Å². The number of hydrogen-bond acceptors (Lipinski definition) is 5. The molecule has 3 aromatic rings. The topological polar surface area (TPSA) is 102 Å². The molecule has 8 nitrogen and oxygen atoms in total.